The van der Waals surface area contributed by atoms with Crippen LogP contribution < -0.4 is 5.32 Å². The monoisotopic (exact) mass is 557 g/mol. The van der Waals surface area contributed by atoms with Gasteiger partial charge in [-0.25, -0.2) is 4.39 Å². The summed E-state index contributed by atoms with van der Waals surface area (Å²) in [6.45, 7) is 0.195. The molecule has 1 atom stereocenters. The number of carbonyl (C=O) groups is 1. The summed E-state index contributed by atoms with van der Waals surface area (Å²) in [5.74, 6) is -1.31. The highest BCUT2D eigenvalue weighted by Crippen LogP contribution is 2.32. The number of nitrogens with one attached hydrogen (secondary N) is 1. The normalized spacial score (nSPS) is 12.3. The van der Waals surface area contributed by atoms with Crippen molar-refractivity contribution in [3.05, 3.63) is 112 Å². The Morgan fingerprint density at radius 2 is 1.46 bits per heavy atom. The summed E-state index contributed by atoms with van der Waals surface area (Å²) >= 11 is 5.89. The first-order valence-electron chi connectivity index (χ1n) is 11.9. The molecule has 0 bridgehead atoms. The molecule has 9 heteroatoms. The van der Waals surface area contributed by atoms with E-state index in [4.69, 9.17) is 16.3 Å². The molecule has 0 saturated carbocycles. The molecule has 0 spiro atoms. The van der Waals surface area contributed by atoms with Crippen LogP contribution in [0.3, 0.4) is 0 Å². The van der Waals surface area contributed by atoms with Crippen LogP contribution >= 0.6 is 11.6 Å². The largest absolute Gasteiger partial charge is 0.507 e. The number of aromatic hydroxyl groups is 1. The summed E-state index contributed by atoms with van der Waals surface area (Å²) in [7, 11) is 1.50. The van der Waals surface area contributed by atoms with Crippen LogP contribution in [0, 0.1) is 5.82 Å². The van der Waals surface area contributed by atoms with Gasteiger partial charge in [0.1, 0.15) is 11.6 Å². The number of amides is 1. The Kier molecular flexibility index (Phi) is 8.57. The van der Waals surface area contributed by atoms with Gasteiger partial charge in [0.05, 0.1) is 28.8 Å². The van der Waals surface area contributed by atoms with E-state index in [1.165, 1.54) is 43.5 Å². The molecule has 1 amide bonds. The summed E-state index contributed by atoms with van der Waals surface area (Å²) < 4.78 is 57.4. The number of rotatable bonds is 8. The summed E-state index contributed by atoms with van der Waals surface area (Å²) in [6.07, 6.45) is -4.03. The smallest absolute Gasteiger partial charge is 0.416 e. The number of methoxy groups -OCH3 is 1. The van der Waals surface area contributed by atoms with Gasteiger partial charge in [-0.2, -0.15) is 13.2 Å². The van der Waals surface area contributed by atoms with Crippen LogP contribution in [0.1, 0.15) is 21.5 Å². The van der Waals surface area contributed by atoms with Crippen LogP contribution in [-0.4, -0.2) is 30.8 Å². The van der Waals surface area contributed by atoms with Gasteiger partial charge in [-0.05, 0) is 70.6 Å². The van der Waals surface area contributed by atoms with Crippen molar-refractivity contribution in [3.63, 3.8) is 0 Å². The van der Waals surface area contributed by atoms with Gasteiger partial charge in [0.15, 0.2) is 0 Å². The lowest BCUT2D eigenvalue weighted by atomic mass is 9.99. The van der Waals surface area contributed by atoms with E-state index in [1.54, 1.807) is 12.1 Å². The molecule has 0 aromatic heterocycles. The van der Waals surface area contributed by atoms with Gasteiger partial charge in [-0.1, -0.05) is 60.1 Å². The van der Waals surface area contributed by atoms with E-state index in [1.807, 2.05) is 24.3 Å². The van der Waals surface area contributed by atoms with Gasteiger partial charge in [-0.15, -0.1) is 0 Å². The van der Waals surface area contributed by atoms with E-state index in [2.05, 4.69) is 5.32 Å². The van der Waals surface area contributed by atoms with Crippen LogP contribution in [0.4, 0.5) is 17.6 Å². The number of hydrogen-bond donors (Lipinski definition) is 2. The Bertz CT molecular complexity index is 1460. The molecule has 0 saturated heterocycles. The van der Waals surface area contributed by atoms with Gasteiger partial charge >= 0.3 is 6.18 Å². The van der Waals surface area contributed by atoms with E-state index >= 15 is 0 Å². The third kappa shape index (κ3) is 6.96. The zero-order chi connectivity index (χ0) is 28.2. The van der Waals surface area contributed by atoms with E-state index < -0.39 is 29.5 Å². The predicted molar refractivity (Wildman–Crippen MR) is 142 cm³/mol. The number of benzene rings is 4. The van der Waals surface area contributed by atoms with E-state index in [0.29, 0.717) is 17.5 Å². The third-order valence-corrected chi connectivity index (χ3v) is 6.47. The SMILES string of the molecule is COC[C@@H](Cc1ccc(-c2ccc(F)c(Cl)c2)cc1)NC(=O)c1cc(-c2ccc(C(F)(F)F)cc2)ccc1O. The molecule has 0 unspecified atom stereocenters. The predicted octanol–water partition coefficient (Wildman–Crippen LogP) is 7.53. The second kappa shape index (κ2) is 11.9. The minimum Gasteiger partial charge on any atom is -0.507 e. The van der Waals surface area contributed by atoms with Crippen molar-refractivity contribution in [2.45, 2.75) is 18.6 Å². The first kappa shape index (κ1) is 28.1. The van der Waals surface area contributed by atoms with Gasteiger partial charge in [-0.3, -0.25) is 4.79 Å². The third-order valence-electron chi connectivity index (χ3n) is 6.18. The maximum Gasteiger partial charge on any atom is 0.416 e. The highest BCUT2D eigenvalue weighted by Gasteiger charge is 2.30. The Hall–Kier alpha value is -3.88. The minimum absolute atomic E-state index is 0.0166. The molecule has 4 nitrogen and oxygen atoms in total. The standard InChI is InChI=1S/C30H24ClF4NO3/c1-39-17-24(14-18-2-4-19(5-3-18)22-8-12-27(32)26(31)16-22)36-29(38)25-15-21(9-13-28(25)37)20-6-10-23(11-7-20)30(33,34)35/h2-13,15-16,24,37H,14,17H2,1H3,(H,36,38)/t24-/m1/s1. The lowest BCUT2D eigenvalue weighted by Crippen LogP contribution is -2.39. The van der Waals surface area contributed by atoms with Crippen LogP contribution in [0.25, 0.3) is 22.3 Å². The number of phenols is 1. The number of halogens is 5. The van der Waals surface area contributed by atoms with Crippen LogP contribution in [0.15, 0.2) is 84.9 Å². The van der Waals surface area contributed by atoms with Crippen molar-refractivity contribution in [2.24, 2.45) is 0 Å². The van der Waals surface area contributed by atoms with E-state index in [0.717, 1.165) is 28.8 Å². The quantitative estimate of drug-likeness (QED) is 0.220. The Morgan fingerprint density at radius 3 is 2.05 bits per heavy atom. The fourth-order valence-corrected chi connectivity index (χ4v) is 4.34. The van der Waals surface area contributed by atoms with E-state index in [-0.39, 0.29) is 22.9 Å². The Morgan fingerprint density at radius 1 is 0.897 bits per heavy atom. The van der Waals surface area contributed by atoms with E-state index in [9.17, 15) is 27.5 Å². The fraction of sp³-hybridized carbons (Fsp3) is 0.167. The molecule has 4 rings (SSSR count). The number of phenolic OH excluding ortho intramolecular Hbond substituents is 1. The number of alkyl halides is 3. The molecule has 4 aromatic carbocycles. The van der Waals surface area contributed by atoms with Gasteiger partial charge < -0.3 is 15.2 Å². The van der Waals surface area contributed by atoms with Crippen molar-refractivity contribution in [1.29, 1.82) is 0 Å². The molecule has 0 heterocycles. The fourth-order valence-electron chi connectivity index (χ4n) is 4.16. The van der Waals surface area contributed by atoms with Crippen molar-refractivity contribution < 1.29 is 32.2 Å². The number of hydrogen-bond acceptors (Lipinski definition) is 3. The molecular formula is C30H24ClF4NO3. The molecule has 202 valence electrons. The molecule has 2 N–H and O–H groups in total. The number of ether oxygens (including phenoxy) is 1. The lowest BCUT2D eigenvalue weighted by molar-refractivity contribution is -0.137. The van der Waals surface area contributed by atoms with Gasteiger partial charge in [0.25, 0.3) is 5.91 Å². The second-order valence-corrected chi connectivity index (χ2v) is 9.37. The molecule has 39 heavy (non-hydrogen) atoms. The zero-order valence-corrected chi connectivity index (χ0v) is 21.5. The van der Waals surface area contributed by atoms with Crippen molar-refractivity contribution in [3.8, 4) is 28.0 Å². The highest BCUT2D eigenvalue weighted by atomic mass is 35.5. The summed E-state index contributed by atoms with van der Waals surface area (Å²) in [4.78, 5) is 13.1. The van der Waals surface area contributed by atoms with Gasteiger partial charge in [0, 0.05) is 7.11 Å². The molecule has 0 radical (unpaired) electrons. The highest BCUT2D eigenvalue weighted by molar-refractivity contribution is 6.31. The van der Waals surface area contributed by atoms with Crippen molar-refractivity contribution in [2.75, 3.05) is 13.7 Å². The van der Waals surface area contributed by atoms with Crippen molar-refractivity contribution >= 4 is 17.5 Å². The maximum atomic E-state index is 13.5. The Balaban J connectivity index is 1.49. The second-order valence-electron chi connectivity index (χ2n) is 8.96. The molecular weight excluding hydrogens is 534 g/mol. The molecule has 4 aromatic rings. The van der Waals surface area contributed by atoms with Crippen molar-refractivity contribution in [1.82, 2.24) is 5.32 Å². The van der Waals surface area contributed by atoms with Crippen LogP contribution in [0.5, 0.6) is 5.75 Å². The lowest BCUT2D eigenvalue weighted by Gasteiger charge is -2.19. The number of carbonyl (C=O) groups excluding carboxylic acids is 1. The molecule has 0 aliphatic heterocycles. The molecule has 0 fully saturated rings. The molecule has 0 aliphatic carbocycles. The summed E-state index contributed by atoms with van der Waals surface area (Å²) in [5.41, 5.74) is 2.66. The first-order valence-corrected chi connectivity index (χ1v) is 12.3. The zero-order valence-electron chi connectivity index (χ0n) is 20.7. The average molecular weight is 558 g/mol. The Labute approximate surface area is 227 Å². The molecule has 0 aliphatic rings. The van der Waals surface area contributed by atoms with Gasteiger partial charge in [0.2, 0.25) is 0 Å². The average Bonchev–Trinajstić information content (AvgIpc) is 2.90. The minimum atomic E-state index is -4.45. The summed E-state index contributed by atoms with van der Waals surface area (Å²) in [5, 5.41) is 13.2. The first-order chi connectivity index (χ1) is 18.5. The summed E-state index contributed by atoms with van der Waals surface area (Å²) in [6, 6.07) is 20.4. The van der Waals surface area contributed by atoms with Crippen LogP contribution in [0.2, 0.25) is 5.02 Å². The maximum absolute atomic E-state index is 13.5. The topological polar surface area (TPSA) is 58.6 Å². The van der Waals surface area contributed by atoms with Crippen LogP contribution in [-0.2, 0) is 17.3 Å².